The molecule has 5 heteroatoms. The highest BCUT2D eigenvalue weighted by molar-refractivity contribution is 6.23. The summed E-state index contributed by atoms with van der Waals surface area (Å²) < 4.78 is 5.67. The Morgan fingerprint density at radius 3 is 2.65 bits per heavy atom. The molecule has 1 aromatic rings. The summed E-state index contributed by atoms with van der Waals surface area (Å²) in [6.07, 6.45) is 3.09. The standard InChI is InChI=1S/C15H13NO4/c17-8-15-7-6-10(20-15)11-12(15)14(19)16(13(11)18)9-4-2-1-3-5-9/h1-7,10-12,17H,8H2/t10-,11-,12-,15-/m0/s1. The molecule has 0 radical (unpaired) electrons. The van der Waals surface area contributed by atoms with Crippen molar-refractivity contribution in [2.75, 3.05) is 11.5 Å². The second-order valence-corrected chi connectivity index (χ2v) is 5.41. The lowest BCUT2D eigenvalue weighted by atomic mass is 9.77. The molecular weight excluding hydrogens is 258 g/mol. The maximum Gasteiger partial charge on any atom is 0.241 e. The molecule has 3 heterocycles. The van der Waals surface area contributed by atoms with E-state index in [0.29, 0.717) is 5.69 Å². The van der Waals surface area contributed by atoms with Crippen molar-refractivity contribution >= 4 is 17.5 Å². The van der Waals surface area contributed by atoms with Crippen LogP contribution >= 0.6 is 0 Å². The number of carbonyl (C=O) groups is 2. The van der Waals surface area contributed by atoms with Crippen LogP contribution < -0.4 is 4.90 Å². The van der Waals surface area contributed by atoms with Crippen LogP contribution in [0, 0.1) is 11.8 Å². The van der Waals surface area contributed by atoms with Crippen molar-refractivity contribution in [1.82, 2.24) is 0 Å². The smallest absolute Gasteiger partial charge is 0.241 e. The van der Waals surface area contributed by atoms with Gasteiger partial charge in [-0.25, -0.2) is 4.90 Å². The largest absolute Gasteiger partial charge is 0.393 e. The second kappa shape index (κ2) is 3.77. The highest BCUT2D eigenvalue weighted by atomic mass is 16.5. The molecule has 2 bridgehead atoms. The van der Waals surface area contributed by atoms with Crippen molar-refractivity contribution in [3.05, 3.63) is 42.5 Å². The maximum atomic E-state index is 12.6. The van der Waals surface area contributed by atoms with Gasteiger partial charge in [0.1, 0.15) is 5.60 Å². The molecule has 3 aliphatic rings. The third kappa shape index (κ3) is 1.24. The number of aliphatic hydroxyl groups is 1. The SMILES string of the molecule is O=C1[C@H]2[C@@H]3C=C[C@@](CO)(O3)[C@@H]2C(=O)N1c1ccccc1. The summed E-state index contributed by atoms with van der Waals surface area (Å²) in [5.74, 6) is -1.65. The van der Waals surface area contributed by atoms with Gasteiger partial charge in [-0.05, 0) is 12.1 Å². The van der Waals surface area contributed by atoms with Crippen LogP contribution in [0.25, 0.3) is 0 Å². The summed E-state index contributed by atoms with van der Waals surface area (Å²) in [5, 5.41) is 9.59. The molecule has 5 nitrogen and oxygen atoms in total. The summed E-state index contributed by atoms with van der Waals surface area (Å²) in [6, 6.07) is 8.88. The van der Waals surface area contributed by atoms with E-state index >= 15 is 0 Å². The van der Waals surface area contributed by atoms with E-state index in [1.54, 1.807) is 36.4 Å². The molecule has 2 saturated heterocycles. The minimum absolute atomic E-state index is 0.240. The van der Waals surface area contributed by atoms with Gasteiger partial charge < -0.3 is 9.84 Å². The molecule has 2 fully saturated rings. The van der Waals surface area contributed by atoms with Gasteiger partial charge in [0.25, 0.3) is 0 Å². The number of hydrogen-bond donors (Lipinski definition) is 1. The summed E-state index contributed by atoms with van der Waals surface area (Å²) in [7, 11) is 0. The lowest BCUT2D eigenvalue weighted by Gasteiger charge is -2.26. The molecule has 2 amide bonds. The Labute approximate surface area is 115 Å². The fourth-order valence-electron chi connectivity index (χ4n) is 3.52. The van der Waals surface area contributed by atoms with Crippen molar-refractivity contribution in [3.63, 3.8) is 0 Å². The topological polar surface area (TPSA) is 66.8 Å². The molecule has 3 aliphatic heterocycles. The van der Waals surface area contributed by atoms with Gasteiger partial charge in [-0.1, -0.05) is 30.4 Å². The van der Waals surface area contributed by atoms with Crippen LogP contribution in [0.15, 0.2) is 42.5 Å². The number of aliphatic hydroxyl groups excluding tert-OH is 1. The summed E-state index contributed by atoms with van der Waals surface area (Å²) in [4.78, 5) is 26.4. The first-order chi connectivity index (χ1) is 9.68. The number of para-hydroxylation sites is 1. The highest BCUT2D eigenvalue weighted by Gasteiger charge is 2.67. The predicted octanol–water partition coefficient (Wildman–Crippen LogP) is 0.492. The molecule has 20 heavy (non-hydrogen) atoms. The van der Waals surface area contributed by atoms with Crippen molar-refractivity contribution in [2.24, 2.45) is 11.8 Å². The van der Waals surface area contributed by atoms with E-state index in [0.717, 1.165) is 0 Å². The van der Waals surface area contributed by atoms with Gasteiger partial charge >= 0.3 is 0 Å². The molecule has 0 saturated carbocycles. The summed E-state index contributed by atoms with van der Waals surface area (Å²) >= 11 is 0. The Balaban J connectivity index is 1.79. The Kier molecular flexibility index (Phi) is 2.23. The molecule has 4 rings (SSSR count). The van der Waals surface area contributed by atoms with Crippen LogP contribution in [0.1, 0.15) is 0 Å². The van der Waals surface area contributed by atoms with Gasteiger partial charge in [0, 0.05) is 0 Å². The van der Waals surface area contributed by atoms with Gasteiger partial charge in [-0.3, -0.25) is 9.59 Å². The first kappa shape index (κ1) is 11.8. The van der Waals surface area contributed by atoms with Gasteiger partial charge in [0.05, 0.1) is 30.2 Å². The van der Waals surface area contributed by atoms with E-state index in [1.165, 1.54) is 4.90 Å². The average molecular weight is 271 g/mol. The van der Waals surface area contributed by atoms with Gasteiger partial charge in [0.15, 0.2) is 0 Å². The molecule has 0 aliphatic carbocycles. The lowest BCUT2D eigenvalue weighted by molar-refractivity contribution is -0.128. The summed E-state index contributed by atoms with van der Waals surface area (Å²) in [5.41, 5.74) is -0.449. The molecule has 1 aromatic carbocycles. The van der Waals surface area contributed by atoms with Crippen LogP contribution in [-0.4, -0.2) is 35.2 Å². The maximum absolute atomic E-state index is 12.6. The summed E-state index contributed by atoms with van der Waals surface area (Å²) in [6.45, 7) is -0.289. The van der Waals surface area contributed by atoms with Crippen molar-refractivity contribution in [2.45, 2.75) is 11.7 Å². The Bertz CT molecular complexity index is 626. The molecule has 1 N–H and O–H groups in total. The molecular formula is C15H13NO4. The van der Waals surface area contributed by atoms with Crippen LogP contribution in [0.2, 0.25) is 0 Å². The van der Waals surface area contributed by atoms with Gasteiger partial charge in [0.2, 0.25) is 11.8 Å². The number of fused-ring (bicyclic) bond motifs is 5. The van der Waals surface area contributed by atoms with E-state index in [4.69, 9.17) is 4.74 Å². The van der Waals surface area contributed by atoms with Crippen molar-refractivity contribution in [1.29, 1.82) is 0 Å². The Morgan fingerprint density at radius 1 is 1.20 bits per heavy atom. The fraction of sp³-hybridized carbons (Fsp3) is 0.333. The first-order valence-corrected chi connectivity index (χ1v) is 6.59. The Hall–Kier alpha value is -1.98. The number of rotatable bonds is 2. The fourth-order valence-corrected chi connectivity index (χ4v) is 3.52. The van der Waals surface area contributed by atoms with Gasteiger partial charge in [-0.15, -0.1) is 0 Å². The first-order valence-electron chi connectivity index (χ1n) is 6.59. The average Bonchev–Trinajstić information content (AvgIpc) is 3.11. The minimum atomic E-state index is -1.02. The van der Waals surface area contributed by atoms with Crippen molar-refractivity contribution < 1.29 is 19.4 Å². The molecule has 102 valence electrons. The molecule has 0 unspecified atom stereocenters. The van der Waals surface area contributed by atoms with Crippen LogP contribution in [0.4, 0.5) is 5.69 Å². The predicted molar refractivity (Wildman–Crippen MR) is 69.7 cm³/mol. The number of imide groups is 1. The highest BCUT2D eigenvalue weighted by Crippen LogP contribution is 2.52. The minimum Gasteiger partial charge on any atom is -0.393 e. The normalized spacial score (nSPS) is 37.9. The zero-order valence-electron chi connectivity index (χ0n) is 10.6. The molecule has 0 spiro atoms. The second-order valence-electron chi connectivity index (χ2n) is 5.41. The van der Waals surface area contributed by atoms with Crippen molar-refractivity contribution in [3.8, 4) is 0 Å². The third-order valence-electron chi connectivity index (χ3n) is 4.42. The number of ether oxygens (including phenoxy) is 1. The zero-order chi connectivity index (χ0) is 13.9. The van der Waals surface area contributed by atoms with Crippen LogP contribution in [-0.2, 0) is 14.3 Å². The quantitative estimate of drug-likeness (QED) is 0.628. The zero-order valence-corrected chi connectivity index (χ0v) is 10.6. The number of carbonyl (C=O) groups excluding carboxylic acids is 2. The van der Waals surface area contributed by atoms with E-state index < -0.39 is 23.5 Å². The van der Waals surface area contributed by atoms with E-state index in [-0.39, 0.29) is 18.4 Å². The van der Waals surface area contributed by atoms with E-state index in [9.17, 15) is 14.7 Å². The lowest BCUT2D eigenvalue weighted by Crippen LogP contribution is -2.43. The van der Waals surface area contributed by atoms with E-state index in [1.807, 2.05) is 6.07 Å². The van der Waals surface area contributed by atoms with E-state index in [2.05, 4.69) is 0 Å². The molecule has 4 atom stereocenters. The third-order valence-corrected chi connectivity index (χ3v) is 4.42. The number of nitrogens with zero attached hydrogens (tertiary/aromatic N) is 1. The number of benzene rings is 1. The van der Waals surface area contributed by atoms with Crippen LogP contribution in [0.5, 0.6) is 0 Å². The van der Waals surface area contributed by atoms with Crippen LogP contribution in [0.3, 0.4) is 0 Å². The molecule has 0 aromatic heterocycles. The monoisotopic (exact) mass is 271 g/mol. The number of amides is 2. The van der Waals surface area contributed by atoms with Gasteiger partial charge in [-0.2, -0.15) is 0 Å². The Morgan fingerprint density at radius 2 is 1.95 bits per heavy atom. The number of hydrogen-bond acceptors (Lipinski definition) is 4. The number of anilines is 1.